The lowest BCUT2D eigenvalue weighted by molar-refractivity contribution is -0.0150. The molecule has 1 aliphatic rings. The number of aliphatic hydroxyl groups is 2. The van der Waals surface area contributed by atoms with Crippen LogP contribution in [0.1, 0.15) is 13.8 Å². The molecule has 1 heterocycles. The van der Waals surface area contributed by atoms with Crippen molar-refractivity contribution in [2.45, 2.75) is 26.1 Å². The lowest BCUT2D eigenvalue weighted by Gasteiger charge is -2.35. The number of aliphatic hydroxyl groups excluding tert-OH is 2. The number of ether oxygens (including phenoxy) is 1. The van der Waals surface area contributed by atoms with Crippen molar-refractivity contribution in [2.75, 3.05) is 52.5 Å². The van der Waals surface area contributed by atoms with Gasteiger partial charge in [-0.15, -0.1) is 0 Å². The van der Waals surface area contributed by atoms with Crippen LogP contribution in [-0.4, -0.2) is 84.7 Å². The molecule has 0 bridgehead atoms. The van der Waals surface area contributed by atoms with Crippen molar-refractivity contribution in [3.05, 3.63) is 0 Å². The van der Waals surface area contributed by atoms with Gasteiger partial charge in [0.2, 0.25) is 0 Å². The van der Waals surface area contributed by atoms with Crippen LogP contribution in [0.3, 0.4) is 0 Å². The van der Waals surface area contributed by atoms with E-state index in [9.17, 15) is 5.11 Å². The van der Waals surface area contributed by atoms with Crippen LogP contribution in [0.5, 0.6) is 0 Å². The molecule has 17 heavy (non-hydrogen) atoms. The topological polar surface area (TPSA) is 56.2 Å². The van der Waals surface area contributed by atoms with Gasteiger partial charge in [-0.05, 0) is 13.8 Å². The van der Waals surface area contributed by atoms with Crippen LogP contribution in [0, 0.1) is 0 Å². The van der Waals surface area contributed by atoms with Crippen molar-refractivity contribution in [3.8, 4) is 0 Å². The second-order valence-corrected chi connectivity index (χ2v) is 4.90. The van der Waals surface area contributed by atoms with Gasteiger partial charge >= 0.3 is 0 Å². The van der Waals surface area contributed by atoms with E-state index < -0.39 is 6.10 Å². The smallest absolute Gasteiger partial charge is 0.0900 e. The van der Waals surface area contributed by atoms with Crippen LogP contribution in [0.25, 0.3) is 0 Å². The fourth-order valence-corrected chi connectivity index (χ4v) is 1.99. The van der Waals surface area contributed by atoms with E-state index in [-0.39, 0.29) is 12.7 Å². The van der Waals surface area contributed by atoms with Gasteiger partial charge in [0.05, 0.1) is 25.4 Å². The molecule has 5 nitrogen and oxygen atoms in total. The van der Waals surface area contributed by atoms with Crippen LogP contribution >= 0.6 is 0 Å². The summed E-state index contributed by atoms with van der Waals surface area (Å²) in [6.07, 6.45) is -0.229. The summed E-state index contributed by atoms with van der Waals surface area (Å²) in [5.74, 6) is 0. The summed E-state index contributed by atoms with van der Waals surface area (Å²) >= 11 is 0. The SMILES string of the molecule is CC(C)OC[C@H](O)CN1CCN(CCO)CC1. The maximum Gasteiger partial charge on any atom is 0.0900 e. The Labute approximate surface area is 104 Å². The number of piperazine rings is 1. The first-order valence-electron chi connectivity index (χ1n) is 6.47. The summed E-state index contributed by atoms with van der Waals surface area (Å²) in [5, 5.41) is 18.6. The van der Waals surface area contributed by atoms with Crippen LogP contribution in [-0.2, 0) is 4.74 Å². The van der Waals surface area contributed by atoms with Crippen LogP contribution in [0.15, 0.2) is 0 Å². The third-order valence-electron chi connectivity index (χ3n) is 2.97. The Kier molecular flexibility index (Phi) is 6.99. The van der Waals surface area contributed by atoms with Crippen LogP contribution < -0.4 is 0 Å². The number of β-amino-alcohol motifs (C(OH)–C–C–N with tert-alkyl or cyclic N) is 2. The standard InChI is InChI=1S/C12H26N2O3/c1-11(2)17-10-12(16)9-14-5-3-13(4-6-14)7-8-15/h11-12,15-16H,3-10H2,1-2H3/t12-/m1/s1. The molecule has 5 heteroatoms. The molecule has 0 aromatic carbocycles. The van der Waals surface area contributed by atoms with Crippen molar-refractivity contribution in [3.63, 3.8) is 0 Å². The Hall–Kier alpha value is -0.200. The lowest BCUT2D eigenvalue weighted by Crippen LogP contribution is -2.49. The van der Waals surface area contributed by atoms with Crippen molar-refractivity contribution in [2.24, 2.45) is 0 Å². The summed E-state index contributed by atoms with van der Waals surface area (Å²) in [7, 11) is 0. The zero-order valence-corrected chi connectivity index (χ0v) is 11.0. The number of nitrogens with zero attached hydrogens (tertiary/aromatic N) is 2. The van der Waals surface area contributed by atoms with E-state index in [4.69, 9.17) is 9.84 Å². The molecule has 0 radical (unpaired) electrons. The minimum atomic E-state index is -0.401. The Morgan fingerprint density at radius 2 is 1.71 bits per heavy atom. The number of rotatable bonds is 7. The number of hydrogen-bond acceptors (Lipinski definition) is 5. The monoisotopic (exact) mass is 246 g/mol. The summed E-state index contributed by atoms with van der Waals surface area (Å²) in [4.78, 5) is 4.50. The first kappa shape index (κ1) is 14.9. The maximum absolute atomic E-state index is 9.80. The first-order chi connectivity index (χ1) is 8.11. The zero-order chi connectivity index (χ0) is 12.7. The van der Waals surface area contributed by atoms with Gasteiger partial charge in [0.15, 0.2) is 0 Å². The molecule has 1 rings (SSSR count). The molecule has 1 aliphatic heterocycles. The number of hydrogen-bond donors (Lipinski definition) is 2. The highest BCUT2D eigenvalue weighted by Gasteiger charge is 2.18. The first-order valence-corrected chi connectivity index (χ1v) is 6.47. The highest BCUT2D eigenvalue weighted by molar-refractivity contribution is 4.74. The van der Waals surface area contributed by atoms with E-state index in [0.717, 1.165) is 32.7 Å². The average Bonchev–Trinajstić information content (AvgIpc) is 2.29. The average molecular weight is 246 g/mol. The van der Waals surface area contributed by atoms with Crippen LogP contribution in [0.4, 0.5) is 0 Å². The summed E-state index contributed by atoms with van der Waals surface area (Å²) in [6, 6.07) is 0. The molecule has 1 saturated heterocycles. The van der Waals surface area contributed by atoms with E-state index in [1.165, 1.54) is 0 Å². The fourth-order valence-electron chi connectivity index (χ4n) is 1.99. The Morgan fingerprint density at radius 1 is 1.12 bits per heavy atom. The molecule has 0 aromatic heterocycles. The summed E-state index contributed by atoms with van der Waals surface area (Å²) in [5.41, 5.74) is 0. The minimum Gasteiger partial charge on any atom is -0.395 e. The quantitative estimate of drug-likeness (QED) is 0.627. The maximum atomic E-state index is 9.80. The molecular weight excluding hydrogens is 220 g/mol. The molecule has 0 aromatic rings. The Balaban J connectivity index is 2.12. The highest BCUT2D eigenvalue weighted by Crippen LogP contribution is 2.03. The van der Waals surface area contributed by atoms with E-state index in [2.05, 4.69) is 9.80 Å². The molecule has 102 valence electrons. The third kappa shape index (κ3) is 6.33. The molecule has 0 amide bonds. The highest BCUT2D eigenvalue weighted by atomic mass is 16.5. The predicted molar refractivity (Wildman–Crippen MR) is 67.1 cm³/mol. The largest absolute Gasteiger partial charge is 0.395 e. The third-order valence-corrected chi connectivity index (χ3v) is 2.97. The van der Waals surface area contributed by atoms with E-state index >= 15 is 0 Å². The van der Waals surface area contributed by atoms with Crippen LogP contribution in [0.2, 0.25) is 0 Å². The predicted octanol–water partition coefficient (Wildman–Crippen LogP) is -0.618. The molecule has 0 saturated carbocycles. The van der Waals surface area contributed by atoms with Gasteiger partial charge in [-0.2, -0.15) is 0 Å². The van der Waals surface area contributed by atoms with Gasteiger partial charge in [-0.25, -0.2) is 0 Å². The van der Waals surface area contributed by atoms with Crippen molar-refractivity contribution in [1.82, 2.24) is 9.80 Å². The minimum absolute atomic E-state index is 0.172. The van der Waals surface area contributed by atoms with Crippen molar-refractivity contribution < 1.29 is 14.9 Å². The zero-order valence-electron chi connectivity index (χ0n) is 11.0. The molecule has 2 N–H and O–H groups in total. The van der Waals surface area contributed by atoms with E-state index in [1.807, 2.05) is 13.8 Å². The molecule has 0 unspecified atom stereocenters. The van der Waals surface area contributed by atoms with E-state index in [0.29, 0.717) is 13.2 Å². The Morgan fingerprint density at radius 3 is 2.24 bits per heavy atom. The molecule has 1 atom stereocenters. The Bertz CT molecular complexity index is 194. The van der Waals surface area contributed by atoms with Gasteiger partial charge in [-0.1, -0.05) is 0 Å². The summed E-state index contributed by atoms with van der Waals surface area (Å²) < 4.78 is 5.38. The molecule has 0 aliphatic carbocycles. The van der Waals surface area contributed by atoms with Gasteiger partial charge in [0, 0.05) is 39.3 Å². The normalized spacial score (nSPS) is 21.0. The van der Waals surface area contributed by atoms with Gasteiger partial charge in [0.1, 0.15) is 0 Å². The second-order valence-electron chi connectivity index (χ2n) is 4.90. The second kappa shape index (κ2) is 8.00. The molecule has 1 fully saturated rings. The van der Waals surface area contributed by atoms with Crippen molar-refractivity contribution >= 4 is 0 Å². The van der Waals surface area contributed by atoms with Crippen molar-refractivity contribution in [1.29, 1.82) is 0 Å². The fraction of sp³-hybridized carbons (Fsp3) is 1.00. The summed E-state index contributed by atoms with van der Waals surface area (Å²) in [6.45, 7) is 9.88. The van der Waals surface area contributed by atoms with Gasteiger partial charge < -0.3 is 14.9 Å². The molecule has 0 spiro atoms. The molecular formula is C12H26N2O3. The van der Waals surface area contributed by atoms with E-state index in [1.54, 1.807) is 0 Å². The van der Waals surface area contributed by atoms with Gasteiger partial charge in [-0.3, -0.25) is 9.80 Å². The van der Waals surface area contributed by atoms with Gasteiger partial charge in [0.25, 0.3) is 0 Å². The lowest BCUT2D eigenvalue weighted by atomic mass is 10.2.